The first kappa shape index (κ1) is 13.6. The molecule has 2 unspecified atom stereocenters. The summed E-state index contributed by atoms with van der Waals surface area (Å²) in [6, 6.07) is 6.39. The zero-order valence-electron chi connectivity index (χ0n) is 9.15. The van der Waals surface area contributed by atoms with Crippen molar-refractivity contribution in [3.63, 3.8) is 0 Å². The van der Waals surface area contributed by atoms with Crippen LogP contribution in [0.5, 0.6) is 0 Å². The standard InChI is InChI=1S/C11H14BrFO2S/c1-8(16(2,14)15)10(12)7-9-5-3-4-6-11(9)13/h3-6,8,10H,7H2,1-2H3. The van der Waals surface area contributed by atoms with Crippen LogP contribution in [0.2, 0.25) is 0 Å². The van der Waals surface area contributed by atoms with Crippen LogP contribution in [0.1, 0.15) is 12.5 Å². The molecule has 0 aromatic heterocycles. The number of hydrogen-bond acceptors (Lipinski definition) is 2. The van der Waals surface area contributed by atoms with Crippen LogP contribution in [0.4, 0.5) is 4.39 Å². The highest BCUT2D eigenvalue weighted by Gasteiger charge is 2.24. The van der Waals surface area contributed by atoms with Gasteiger partial charge in [-0.15, -0.1) is 0 Å². The van der Waals surface area contributed by atoms with Crippen LogP contribution in [-0.2, 0) is 16.3 Å². The molecule has 0 saturated carbocycles. The van der Waals surface area contributed by atoms with E-state index < -0.39 is 15.1 Å². The predicted octanol–water partition coefficient (Wildman–Crippen LogP) is 2.56. The Morgan fingerprint density at radius 3 is 2.44 bits per heavy atom. The summed E-state index contributed by atoms with van der Waals surface area (Å²) in [5.74, 6) is -0.298. The van der Waals surface area contributed by atoms with Gasteiger partial charge in [0.25, 0.3) is 0 Å². The van der Waals surface area contributed by atoms with E-state index in [1.165, 1.54) is 12.3 Å². The molecule has 90 valence electrons. The zero-order chi connectivity index (χ0) is 12.3. The monoisotopic (exact) mass is 308 g/mol. The van der Waals surface area contributed by atoms with E-state index in [1.807, 2.05) is 0 Å². The van der Waals surface area contributed by atoms with E-state index in [-0.39, 0.29) is 10.6 Å². The lowest BCUT2D eigenvalue weighted by Gasteiger charge is -2.16. The van der Waals surface area contributed by atoms with Crippen molar-refractivity contribution in [2.24, 2.45) is 0 Å². The van der Waals surface area contributed by atoms with Gasteiger partial charge in [-0.05, 0) is 25.0 Å². The number of halogens is 2. The van der Waals surface area contributed by atoms with Gasteiger partial charge in [-0.2, -0.15) is 0 Å². The molecule has 0 radical (unpaired) electrons. The minimum absolute atomic E-state index is 0.278. The lowest BCUT2D eigenvalue weighted by molar-refractivity contribution is 0.580. The van der Waals surface area contributed by atoms with Crippen LogP contribution in [0.15, 0.2) is 24.3 Å². The first-order valence-electron chi connectivity index (χ1n) is 4.88. The average Bonchev–Trinajstić information content (AvgIpc) is 2.19. The normalized spacial score (nSPS) is 15.8. The Kier molecular flexibility index (Phi) is 4.50. The Hall–Kier alpha value is -0.420. The van der Waals surface area contributed by atoms with E-state index in [4.69, 9.17) is 0 Å². The highest BCUT2D eigenvalue weighted by atomic mass is 79.9. The van der Waals surface area contributed by atoms with Gasteiger partial charge in [0.1, 0.15) is 5.82 Å². The number of benzene rings is 1. The van der Waals surface area contributed by atoms with Gasteiger partial charge in [-0.3, -0.25) is 0 Å². The number of sulfone groups is 1. The van der Waals surface area contributed by atoms with Crippen molar-refractivity contribution < 1.29 is 12.8 Å². The third-order valence-corrected chi connectivity index (χ3v) is 5.70. The van der Waals surface area contributed by atoms with Crippen LogP contribution in [0, 0.1) is 5.82 Å². The Labute approximate surface area is 104 Å². The summed E-state index contributed by atoms with van der Waals surface area (Å²) in [5, 5.41) is -0.535. The minimum atomic E-state index is -3.10. The molecule has 0 heterocycles. The highest BCUT2D eigenvalue weighted by molar-refractivity contribution is 9.09. The van der Waals surface area contributed by atoms with Crippen molar-refractivity contribution in [3.05, 3.63) is 35.6 Å². The molecule has 2 nitrogen and oxygen atoms in total. The molecule has 0 aliphatic carbocycles. The Morgan fingerprint density at radius 2 is 1.94 bits per heavy atom. The summed E-state index contributed by atoms with van der Waals surface area (Å²) in [6.45, 7) is 1.62. The molecule has 0 bridgehead atoms. The molecule has 1 rings (SSSR count). The molecule has 0 amide bonds. The average molecular weight is 309 g/mol. The molecule has 0 spiro atoms. The first-order valence-corrected chi connectivity index (χ1v) is 7.75. The van der Waals surface area contributed by atoms with E-state index in [2.05, 4.69) is 15.9 Å². The van der Waals surface area contributed by atoms with Crippen LogP contribution in [-0.4, -0.2) is 24.8 Å². The maximum atomic E-state index is 13.3. The second-order valence-corrected chi connectivity index (χ2v) is 7.42. The van der Waals surface area contributed by atoms with Crippen molar-refractivity contribution in [1.29, 1.82) is 0 Å². The Bertz CT molecular complexity index is 459. The summed E-state index contributed by atoms with van der Waals surface area (Å²) in [5.41, 5.74) is 0.528. The fourth-order valence-electron chi connectivity index (χ4n) is 1.31. The molecule has 0 aliphatic heterocycles. The topological polar surface area (TPSA) is 34.1 Å². The van der Waals surface area contributed by atoms with E-state index in [0.717, 1.165) is 0 Å². The lowest BCUT2D eigenvalue weighted by atomic mass is 10.1. The zero-order valence-corrected chi connectivity index (χ0v) is 11.6. The van der Waals surface area contributed by atoms with Gasteiger partial charge in [-0.1, -0.05) is 34.1 Å². The fourth-order valence-corrected chi connectivity index (χ4v) is 3.47. The van der Waals surface area contributed by atoms with E-state index >= 15 is 0 Å². The Morgan fingerprint density at radius 1 is 1.38 bits per heavy atom. The number of hydrogen-bond donors (Lipinski definition) is 0. The molecular weight excluding hydrogens is 295 g/mol. The summed E-state index contributed by atoms with van der Waals surface area (Å²) in [6.07, 6.45) is 1.55. The van der Waals surface area contributed by atoms with Crippen LogP contribution in [0.25, 0.3) is 0 Å². The van der Waals surface area contributed by atoms with Gasteiger partial charge in [0.05, 0.1) is 5.25 Å². The van der Waals surface area contributed by atoms with Crippen molar-refractivity contribution in [1.82, 2.24) is 0 Å². The summed E-state index contributed by atoms with van der Waals surface area (Å²) < 4.78 is 36.0. The lowest BCUT2D eigenvalue weighted by Crippen LogP contribution is -2.28. The molecule has 0 aliphatic rings. The molecule has 1 aromatic rings. The maximum Gasteiger partial charge on any atom is 0.151 e. The quantitative estimate of drug-likeness (QED) is 0.801. The van der Waals surface area contributed by atoms with E-state index in [0.29, 0.717) is 12.0 Å². The van der Waals surface area contributed by atoms with E-state index in [9.17, 15) is 12.8 Å². The summed E-state index contributed by atoms with van der Waals surface area (Å²) >= 11 is 3.30. The summed E-state index contributed by atoms with van der Waals surface area (Å²) in [4.78, 5) is -0.278. The molecule has 2 atom stereocenters. The fraction of sp³-hybridized carbons (Fsp3) is 0.455. The van der Waals surface area contributed by atoms with Crippen molar-refractivity contribution in [2.75, 3.05) is 6.26 Å². The third kappa shape index (κ3) is 3.56. The van der Waals surface area contributed by atoms with Gasteiger partial charge >= 0.3 is 0 Å². The summed E-state index contributed by atoms with van der Waals surface area (Å²) in [7, 11) is -3.10. The molecule has 1 aromatic carbocycles. The van der Waals surface area contributed by atoms with Crippen LogP contribution < -0.4 is 0 Å². The predicted molar refractivity (Wildman–Crippen MR) is 67.1 cm³/mol. The van der Waals surface area contributed by atoms with Gasteiger partial charge in [0.2, 0.25) is 0 Å². The van der Waals surface area contributed by atoms with Crippen LogP contribution >= 0.6 is 15.9 Å². The highest BCUT2D eigenvalue weighted by Crippen LogP contribution is 2.19. The molecule has 0 fully saturated rings. The SMILES string of the molecule is CC(C(Br)Cc1ccccc1F)S(C)(=O)=O. The van der Waals surface area contributed by atoms with Gasteiger partial charge in [0.15, 0.2) is 9.84 Å². The number of alkyl halides is 1. The van der Waals surface area contributed by atoms with Gasteiger partial charge in [-0.25, -0.2) is 12.8 Å². The van der Waals surface area contributed by atoms with Crippen molar-refractivity contribution in [2.45, 2.75) is 23.4 Å². The smallest absolute Gasteiger partial charge is 0.151 e. The minimum Gasteiger partial charge on any atom is -0.229 e. The van der Waals surface area contributed by atoms with Crippen molar-refractivity contribution >= 4 is 25.8 Å². The second-order valence-electron chi connectivity index (χ2n) is 3.85. The van der Waals surface area contributed by atoms with E-state index in [1.54, 1.807) is 25.1 Å². The molecule has 5 heteroatoms. The maximum absolute atomic E-state index is 13.3. The van der Waals surface area contributed by atoms with Gasteiger partial charge < -0.3 is 0 Å². The molecule has 16 heavy (non-hydrogen) atoms. The molecule has 0 saturated heterocycles. The van der Waals surface area contributed by atoms with Gasteiger partial charge in [0, 0.05) is 11.1 Å². The van der Waals surface area contributed by atoms with Crippen molar-refractivity contribution in [3.8, 4) is 0 Å². The van der Waals surface area contributed by atoms with Crippen LogP contribution in [0.3, 0.4) is 0 Å². The Balaban J connectivity index is 2.80. The third-order valence-electron chi connectivity index (χ3n) is 2.56. The second kappa shape index (κ2) is 5.27. The first-order chi connectivity index (χ1) is 7.32. The number of rotatable bonds is 4. The molecular formula is C11H14BrFO2S. The molecule has 0 N–H and O–H groups in total. The largest absolute Gasteiger partial charge is 0.229 e.